The van der Waals surface area contributed by atoms with Crippen LogP contribution >= 0.6 is 0 Å². The smallest absolute Gasteiger partial charge is 0.270 e. The SMILES string of the molecule is CC.Cc1ccc(-c2cccc([N+](=O)[O-])c2)[nH]1. The van der Waals surface area contributed by atoms with Crippen LogP contribution in [0.3, 0.4) is 0 Å². The third-order valence-corrected chi connectivity index (χ3v) is 2.20. The summed E-state index contributed by atoms with van der Waals surface area (Å²) >= 11 is 0. The lowest BCUT2D eigenvalue weighted by molar-refractivity contribution is -0.384. The molecule has 0 radical (unpaired) electrons. The molecule has 0 fully saturated rings. The normalized spacial score (nSPS) is 9.35. The highest BCUT2D eigenvalue weighted by molar-refractivity contribution is 5.63. The van der Waals surface area contributed by atoms with E-state index in [4.69, 9.17) is 0 Å². The molecule has 0 spiro atoms. The number of aromatic nitrogens is 1. The van der Waals surface area contributed by atoms with Gasteiger partial charge in [-0.05, 0) is 19.1 Å². The highest BCUT2D eigenvalue weighted by atomic mass is 16.6. The Hall–Kier alpha value is -2.10. The van der Waals surface area contributed by atoms with E-state index in [1.165, 1.54) is 6.07 Å². The summed E-state index contributed by atoms with van der Waals surface area (Å²) in [4.78, 5) is 13.3. The maximum atomic E-state index is 10.6. The first kappa shape index (κ1) is 13.0. The van der Waals surface area contributed by atoms with E-state index in [1.54, 1.807) is 12.1 Å². The Morgan fingerprint density at radius 2 is 1.88 bits per heavy atom. The predicted octanol–water partition coefficient (Wildman–Crippen LogP) is 3.92. The average molecular weight is 232 g/mol. The van der Waals surface area contributed by atoms with Crippen molar-refractivity contribution < 1.29 is 4.92 Å². The van der Waals surface area contributed by atoms with Crippen LogP contribution in [0.2, 0.25) is 0 Å². The van der Waals surface area contributed by atoms with E-state index in [1.807, 2.05) is 39.0 Å². The zero-order chi connectivity index (χ0) is 12.8. The molecule has 0 aliphatic heterocycles. The molecule has 2 aromatic rings. The molecule has 17 heavy (non-hydrogen) atoms. The van der Waals surface area contributed by atoms with E-state index in [9.17, 15) is 10.1 Å². The monoisotopic (exact) mass is 232 g/mol. The summed E-state index contributed by atoms with van der Waals surface area (Å²) in [5.41, 5.74) is 2.88. The molecule has 0 saturated carbocycles. The number of aryl methyl sites for hydroxylation is 1. The fourth-order valence-corrected chi connectivity index (χ4v) is 1.46. The molecular weight excluding hydrogens is 216 g/mol. The maximum absolute atomic E-state index is 10.6. The molecule has 1 heterocycles. The minimum absolute atomic E-state index is 0.111. The van der Waals surface area contributed by atoms with E-state index in [-0.39, 0.29) is 10.6 Å². The van der Waals surface area contributed by atoms with Crippen molar-refractivity contribution in [2.45, 2.75) is 20.8 Å². The molecule has 0 aliphatic carbocycles. The summed E-state index contributed by atoms with van der Waals surface area (Å²) in [7, 11) is 0. The summed E-state index contributed by atoms with van der Waals surface area (Å²) in [5.74, 6) is 0. The van der Waals surface area contributed by atoms with Gasteiger partial charge in [-0.3, -0.25) is 10.1 Å². The summed E-state index contributed by atoms with van der Waals surface area (Å²) in [6.45, 7) is 5.95. The minimum atomic E-state index is -0.390. The maximum Gasteiger partial charge on any atom is 0.270 e. The molecule has 0 unspecified atom stereocenters. The Morgan fingerprint density at radius 3 is 2.41 bits per heavy atom. The number of hydrogen-bond donors (Lipinski definition) is 1. The number of non-ortho nitro benzene ring substituents is 1. The Morgan fingerprint density at radius 1 is 1.18 bits per heavy atom. The van der Waals surface area contributed by atoms with Gasteiger partial charge in [-0.25, -0.2) is 0 Å². The van der Waals surface area contributed by atoms with Crippen molar-refractivity contribution >= 4 is 5.69 Å². The summed E-state index contributed by atoms with van der Waals surface area (Å²) in [6, 6.07) is 10.4. The Balaban J connectivity index is 0.000000686. The third-order valence-electron chi connectivity index (χ3n) is 2.20. The lowest BCUT2D eigenvalue weighted by Crippen LogP contribution is -1.88. The predicted molar refractivity (Wildman–Crippen MR) is 69.0 cm³/mol. The largest absolute Gasteiger partial charge is 0.359 e. The van der Waals surface area contributed by atoms with E-state index >= 15 is 0 Å². The quantitative estimate of drug-likeness (QED) is 0.630. The van der Waals surface area contributed by atoms with Crippen LogP contribution in [0, 0.1) is 17.0 Å². The number of nitrogens with zero attached hydrogens (tertiary/aromatic N) is 1. The Labute approximate surface area is 100 Å². The van der Waals surface area contributed by atoms with Gasteiger partial charge >= 0.3 is 0 Å². The van der Waals surface area contributed by atoms with Crippen LogP contribution in [0.1, 0.15) is 19.5 Å². The molecular formula is C13H16N2O2. The van der Waals surface area contributed by atoms with Gasteiger partial charge in [0.15, 0.2) is 0 Å². The average Bonchev–Trinajstić information content (AvgIpc) is 2.79. The lowest BCUT2D eigenvalue weighted by atomic mass is 10.1. The summed E-state index contributed by atoms with van der Waals surface area (Å²) in [5, 5.41) is 10.6. The highest BCUT2D eigenvalue weighted by Crippen LogP contribution is 2.22. The third kappa shape index (κ3) is 3.17. The van der Waals surface area contributed by atoms with E-state index in [2.05, 4.69) is 4.98 Å². The number of hydrogen-bond acceptors (Lipinski definition) is 2. The Bertz CT molecular complexity index is 504. The molecule has 1 aromatic carbocycles. The second-order valence-corrected chi connectivity index (χ2v) is 3.36. The van der Waals surface area contributed by atoms with Crippen molar-refractivity contribution in [2.24, 2.45) is 0 Å². The fraction of sp³-hybridized carbons (Fsp3) is 0.231. The van der Waals surface area contributed by atoms with E-state index in [0.29, 0.717) is 0 Å². The van der Waals surface area contributed by atoms with Crippen LogP contribution < -0.4 is 0 Å². The van der Waals surface area contributed by atoms with Gasteiger partial charge in [0.25, 0.3) is 5.69 Å². The number of nitro benzene ring substituents is 1. The zero-order valence-corrected chi connectivity index (χ0v) is 10.2. The standard InChI is InChI=1S/C11H10N2O2.C2H6/c1-8-5-6-11(12-8)9-3-2-4-10(7-9)13(14)15;1-2/h2-7,12H,1H3;1-2H3. The van der Waals surface area contributed by atoms with Crippen LogP contribution in [-0.2, 0) is 0 Å². The molecule has 1 N–H and O–H groups in total. The van der Waals surface area contributed by atoms with Crippen LogP contribution in [0.5, 0.6) is 0 Å². The number of benzene rings is 1. The van der Waals surface area contributed by atoms with Crippen LogP contribution in [0.15, 0.2) is 36.4 Å². The first-order chi connectivity index (χ1) is 8.16. The molecule has 0 amide bonds. The molecule has 0 bridgehead atoms. The molecule has 2 rings (SSSR count). The molecule has 0 saturated heterocycles. The van der Waals surface area contributed by atoms with E-state index in [0.717, 1.165) is 17.0 Å². The summed E-state index contributed by atoms with van der Waals surface area (Å²) < 4.78 is 0. The van der Waals surface area contributed by atoms with Gasteiger partial charge in [-0.1, -0.05) is 26.0 Å². The van der Waals surface area contributed by atoms with Crippen LogP contribution in [0.4, 0.5) is 5.69 Å². The topological polar surface area (TPSA) is 58.9 Å². The van der Waals surface area contributed by atoms with Crippen molar-refractivity contribution in [2.75, 3.05) is 0 Å². The molecule has 4 heteroatoms. The number of nitrogens with one attached hydrogen (secondary N) is 1. The van der Waals surface area contributed by atoms with Gasteiger partial charge in [0.1, 0.15) is 0 Å². The highest BCUT2D eigenvalue weighted by Gasteiger charge is 2.07. The number of nitro groups is 1. The van der Waals surface area contributed by atoms with Crippen molar-refractivity contribution in [3.63, 3.8) is 0 Å². The molecule has 0 atom stereocenters. The van der Waals surface area contributed by atoms with Crippen LogP contribution in [-0.4, -0.2) is 9.91 Å². The zero-order valence-electron chi connectivity index (χ0n) is 10.2. The molecule has 0 aliphatic rings. The fourth-order valence-electron chi connectivity index (χ4n) is 1.46. The van der Waals surface area contributed by atoms with Gasteiger partial charge in [-0.2, -0.15) is 0 Å². The molecule has 90 valence electrons. The van der Waals surface area contributed by atoms with Crippen LogP contribution in [0.25, 0.3) is 11.3 Å². The van der Waals surface area contributed by atoms with Gasteiger partial charge in [-0.15, -0.1) is 0 Å². The van der Waals surface area contributed by atoms with E-state index < -0.39 is 0 Å². The van der Waals surface area contributed by atoms with Gasteiger partial charge in [0, 0.05) is 29.1 Å². The molecule has 4 nitrogen and oxygen atoms in total. The first-order valence-electron chi connectivity index (χ1n) is 5.57. The van der Waals surface area contributed by atoms with Gasteiger partial charge in [0.2, 0.25) is 0 Å². The van der Waals surface area contributed by atoms with Crippen molar-refractivity contribution in [1.29, 1.82) is 0 Å². The van der Waals surface area contributed by atoms with Crippen molar-refractivity contribution in [3.8, 4) is 11.3 Å². The number of rotatable bonds is 2. The van der Waals surface area contributed by atoms with Gasteiger partial charge < -0.3 is 4.98 Å². The molecule has 1 aromatic heterocycles. The number of aromatic amines is 1. The number of H-pyrrole nitrogens is 1. The first-order valence-corrected chi connectivity index (χ1v) is 5.57. The van der Waals surface area contributed by atoms with Crippen molar-refractivity contribution in [3.05, 3.63) is 52.2 Å². The minimum Gasteiger partial charge on any atom is -0.359 e. The van der Waals surface area contributed by atoms with Gasteiger partial charge in [0.05, 0.1) is 4.92 Å². The van der Waals surface area contributed by atoms with Crippen molar-refractivity contribution in [1.82, 2.24) is 4.98 Å². The lowest BCUT2D eigenvalue weighted by Gasteiger charge is -1.97. The summed E-state index contributed by atoms with van der Waals surface area (Å²) in [6.07, 6.45) is 0. The second kappa shape index (κ2) is 5.84. The second-order valence-electron chi connectivity index (χ2n) is 3.36. The Kier molecular flexibility index (Phi) is 4.46.